The highest BCUT2D eigenvalue weighted by molar-refractivity contribution is 5.55. The van der Waals surface area contributed by atoms with Gasteiger partial charge >= 0.3 is 0 Å². The number of nitrogens with one attached hydrogen (secondary N) is 1. The van der Waals surface area contributed by atoms with Crippen LogP contribution in [0.1, 0.15) is 44.1 Å². The Labute approximate surface area is 116 Å². The van der Waals surface area contributed by atoms with Gasteiger partial charge in [0.25, 0.3) is 0 Å². The predicted molar refractivity (Wildman–Crippen MR) is 79.4 cm³/mol. The molecule has 0 bridgehead atoms. The molecule has 102 valence electrons. The van der Waals surface area contributed by atoms with Crippen molar-refractivity contribution in [2.75, 3.05) is 11.4 Å². The predicted octanol–water partition coefficient (Wildman–Crippen LogP) is 3.32. The maximum absolute atomic E-state index is 3.81. The zero-order valence-electron chi connectivity index (χ0n) is 11.6. The summed E-state index contributed by atoms with van der Waals surface area (Å²) in [4.78, 5) is 2.74. The van der Waals surface area contributed by atoms with Crippen LogP contribution in [0, 0.1) is 5.92 Å². The number of hydrogen-bond donors (Lipinski definition) is 1. The molecule has 2 aliphatic carbocycles. The van der Waals surface area contributed by atoms with E-state index >= 15 is 0 Å². The first-order valence-electron chi connectivity index (χ1n) is 8.00. The second-order valence-electron chi connectivity index (χ2n) is 6.54. The second-order valence-corrected chi connectivity index (χ2v) is 6.54. The van der Waals surface area contributed by atoms with Crippen molar-refractivity contribution in [3.05, 3.63) is 29.8 Å². The Bertz CT molecular complexity index is 446. The molecule has 0 radical (unpaired) electrons. The summed E-state index contributed by atoms with van der Waals surface area (Å²) in [5.41, 5.74) is 3.00. The summed E-state index contributed by atoms with van der Waals surface area (Å²) in [5.74, 6) is 0.943. The molecule has 1 heterocycles. The van der Waals surface area contributed by atoms with Gasteiger partial charge < -0.3 is 10.2 Å². The molecule has 0 aromatic heterocycles. The Kier molecular flexibility index (Phi) is 2.99. The molecule has 1 aliphatic heterocycles. The van der Waals surface area contributed by atoms with E-state index in [0.29, 0.717) is 6.04 Å². The number of rotatable bonds is 2. The fourth-order valence-electron chi connectivity index (χ4n) is 3.93. The number of para-hydroxylation sites is 1. The van der Waals surface area contributed by atoms with Crippen LogP contribution < -0.4 is 10.2 Å². The number of hydrogen-bond acceptors (Lipinski definition) is 2. The molecule has 0 saturated heterocycles. The van der Waals surface area contributed by atoms with E-state index in [9.17, 15) is 0 Å². The van der Waals surface area contributed by atoms with E-state index in [-0.39, 0.29) is 0 Å². The SMILES string of the molecule is c1ccc2c(c1)CNC(C1CC1)CN2C1CCCC1. The van der Waals surface area contributed by atoms with E-state index in [4.69, 9.17) is 0 Å². The molecule has 0 amide bonds. The maximum atomic E-state index is 3.81. The molecular weight excluding hydrogens is 232 g/mol. The van der Waals surface area contributed by atoms with E-state index in [1.165, 1.54) is 56.3 Å². The highest BCUT2D eigenvalue weighted by atomic mass is 15.2. The van der Waals surface area contributed by atoms with Crippen molar-refractivity contribution >= 4 is 5.69 Å². The van der Waals surface area contributed by atoms with Crippen LogP contribution in [0.25, 0.3) is 0 Å². The van der Waals surface area contributed by atoms with Gasteiger partial charge in [-0.1, -0.05) is 31.0 Å². The zero-order valence-corrected chi connectivity index (χ0v) is 11.6. The Morgan fingerprint density at radius 1 is 1.00 bits per heavy atom. The van der Waals surface area contributed by atoms with Crippen molar-refractivity contribution < 1.29 is 0 Å². The summed E-state index contributed by atoms with van der Waals surface area (Å²) in [7, 11) is 0. The van der Waals surface area contributed by atoms with E-state index < -0.39 is 0 Å². The number of anilines is 1. The third-order valence-corrected chi connectivity index (χ3v) is 5.21. The first-order valence-corrected chi connectivity index (χ1v) is 8.00. The molecule has 19 heavy (non-hydrogen) atoms. The van der Waals surface area contributed by atoms with Crippen LogP contribution in [0.4, 0.5) is 5.69 Å². The molecule has 0 spiro atoms. The Morgan fingerprint density at radius 2 is 1.79 bits per heavy atom. The lowest BCUT2D eigenvalue weighted by Crippen LogP contribution is -2.43. The normalized spacial score (nSPS) is 28.2. The molecule has 1 atom stereocenters. The fourth-order valence-corrected chi connectivity index (χ4v) is 3.93. The fraction of sp³-hybridized carbons (Fsp3) is 0.647. The molecule has 3 aliphatic rings. The molecule has 1 unspecified atom stereocenters. The average molecular weight is 256 g/mol. The van der Waals surface area contributed by atoms with Crippen molar-refractivity contribution in [1.82, 2.24) is 5.32 Å². The van der Waals surface area contributed by atoms with Gasteiger partial charge in [-0.05, 0) is 43.2 Å². The van der Waals surface area contributed by atoms with Gasteiger partial charge in [-0.2, -0.15) is 0 Å². The summed E-state index contributed by atoms with van der Waals surface area (Å²) in [6.45, 7) is 2.28. The Balaban J connectivity index is 1.66. The first kappa shape index (κ1) is 11.8. The van der Waals surface area contributed by atoms with Gasteiger partial charge in [0.15, 0.2) is 0 Å². The van der Waals surface area contributed by atoms with Crippen LogP contribution in [0.3, 0.4) is 0 Å². The van der Waals surface area contributed by atoms with Crippen LogP contribution in [-0.4, -0.2) is 18.6 Å². The minimum atomic E-state index is 0.716. The Morgan fingerprint density at radius 3 is 2.58 bits per heavy atom. The smallest absolute Gasteiger partial charge is 0.0414 e. The molecule has 2 nitrogen and oxygen atoms in total. The molecule has 1 aromatic rings. The molecule has 1 N–H and O–H groups in total. The van der Waals surface area contributed by atoms with Gasteiger partial charge in [0, 0.05) is 30.9 Å². The van der Waals surface area contributed by atoms with Crippen LogP contribution in [0.2, 0.25) is 0 Å². The topological polar surface area (TPSA) is 15.3 Å². The number of fused-ring (bicyclic) bond motifs is 1. The monoisotopic (exact) mass is 256 g/mol. The van der Waals surface area contributed by atoms with Gasteiger partial charge in [0.1, 0.15) is 0 Å². The lowest BCUT2D eigenvalue weighted by Gasteiger charge is -2.33. The summed E-state index contributed by atoms with van der Waals surface area (Å²) < 4.78 is 0. The summed E-state index contributed by atoms with van der Waals surface area (Å²) in [6, 6.07) is 10.5. The minimum absolute atomic E-state index is 0.716. The summed E-state index contributed by atoms with van der Waals surface area (Å²) >= 11 is 0. The minimum Gasteiger partial charge on any atom is -0.367 e. The van der Waals surface area contributed by atoms with E-state index in [1.54, 1.807) is 0 Å². The maximum Gasteiger partial charge on any atom is 0.0414 e. The second kappa shape index (κ2) is 4.82. The van der Waals surface area contributed by atoms with Crippen LogP contribution in [0.15, 0.2) is 24.3 Å². The first-order chi connectivity index (χ1) is 9.42. The molecule has 2 fully saturated rings. The van der Waals surface area contributed by atoms with Crippen molar-refractivity contribution in [2.24, 2.45) is 5.92 Å². The molecule has 2 saturated carbocycles. The number of nitrogens with zero attached hydrogens (tertiary/aromatic N) is 1. The largest absolute Gasteiger partial charge is 0.367 e. The zero-order chi connectivity index (χ0) is 12.7. The molecular formula is C17H24N2. The van der Waals surface area contributed by atoms with Crippen LogP contribution in [-0.2, 0) is 6.54 Å². The van der Waals surface area contributed by atoms with Crippen LogP contribution >= 0.6 is 0 Å². The molecule has 4 rings (SSSR count). The van der Waals surface area contributed by atoms with Gasteiger partial charge in [0.2, 0.25) is 0 Å². The van der Waals surface area contributed by atoms with E-state index in [2.05, 4.69) is 34.5 Å². The van der Waals surface area contributed by atoms with Crippen LogP contribution in [0.5, 0.6) is 0 Å². The Hall–Kier alpha value is -1.02. The van der Waals surface area contributed by atoms with Gasteiger partial charge in [0.05, 0.1) is 0 Å². The van der Waals surface area contributed by atoms with Crippen molar-refractivity contribution in [3.8, 4) is 0 Å². The van der Waals surface area contributed by atoms with E-state index in [0.717, 1.165) is 18.5 Å². The van der Waals surface area contributed by atoms with Gasteiger partial charge in [-0.3, -0.25) is 0 Å². The third kappa shape index (κ3) is 2.27. The average Bonchev–Trinajstić information content (AvgIpc) is 3.18. The standard InChI is InChI=1S/C17H24N2/c1-4-8-17-14(5-1)11-18-16(13-9-10-13)12-19(17)15-6-2-3-7-15/h1,4-5,8,13,15-16,18H,2-3,6-7,9-12H2. The van der Waals surface area contributed by atoms with Gasteiger partial charge in [-0.25, -0.2) is 0 Å². The lowest BCUT2D eigenvalue weighted by molar-refractivity contribution is 0.450. The lowest BCUT2D eigenvalue weighted by atomic mass is 10.1. The van der Waals surface area contributed by atoms with Crippen molar-refractivity contribution in [1.29, 1.82) is 0 Å². The molecule has 2 heteroatoms. The van der Waals surface area contributed by atoms with E-state index in [1.807, 2.05) is 0 Å². The molecule has 1 aromatic carbocycles. The summed E-state index contributed by atoms with van der Waals surface area (Å²) in [6.07, 6.45) is 8.51. The third-order valence-electron chi connectivity index (χ3n) is 5.21. The highest BCUT2D eigenvalue weighted by Crippen LogP contribution is 2.38. The number of benzene rings is 1. The summed E-state index contributed by atoms with van der Waals surface area (Å²) in [5, 5.41) is 3.81. The van der Waals surface area contributed by atoms with Gasteiger partial charge in [-0.15, -0.1) is 0 Å². The quantitative estimate of drug-likeness (QED) is 0.873. The highest BCUT2D eigenvalue weighted by Gasteiger charge is 2.36. The van der Waals surface area contributed by atoms with Crippen molar-refractivity contribution in [2.45, 2.75) is 57.2 Å². The van der Waals surface area contributed by atoms with Crippen molar-refractivity contribution in [3.63, 3.8) is 0 Å².